The van der Waals surface area contributed by atoms with Crippen molar-refractivity contribution in [3.63, 3.8) is 0 Å². The van der Waals surface area contributed by atoms with E-state index in [-0.39, 0.29) is 12.8 Å². The van der Waals surface area contributed by atoms with Crippen molar-refractivity contribution in [2.24, 2.45) is 0 Å². The number of allylic oxidation sites excluding steroid dienone is 8. The lowest BCUT2D eigenvalue weighted by atomic mass is 9.98. The molecule has 1 aliphatic heterocycles. The highest BCUT2D eigenvalue weighted by Crippen LogP contribution is 2.23. The van der Waals surface area contributed by atoms with Gasteiger partial charge in [0.15, 0.2) is 6.29 Å². The van der Waals surface area contributed by atoms with E-state index >= 15 is 0 Å². The Morgan fingerprint density at radius 2 is 0.808 bits per heavy atom. The predicted octanol–water partition coefficient (Wildman–Crippen LogP) is 15.2. The lowest BCUT2D eigenvalue weighted by Crippen LogP contribution is -2.60. The number of amides is 1. The fraction of sp³-hybridized carbons (Fsp3) is 0.866. The van der Waals surface area contributed by atoms with E-state index in [1.54, 1.807) is 0 Å². The summed E-state index contributed by atoms with van der Waals surface area (Å²) in [7, 11) is 0. The molecule has 1 rings (SSSR count). The maximum atomic E-state index is 13.2. The van der Waals surface area contributed by atoms with Crippen molar-refractivity contribution in [2.45, 2.75) is 358 Å². The van der Waals surface area contributed by atoms with Crippen LogP contribution in [0.5, 0.6) is 0 Å². The van der Waals surface area contributed by atoms with Crippen LogP contribution in [-0.2, 0) is 14.3 Å². The lowest BCUT2D eigenvalue weighted by molar-refractivity contribution is -0.303. The molecule has 8 N–H and O–H groups in total. The van der Waals surface area contributed by atoms with Gasteiger partial charge in [-0.25, -0.2) is 0 Å². The van der Waals surface area contributed by atoms with Gasteiger partial charge in [0.2, 0.25) is 5.91 Å². The monoisotopic (exact) mass is 1100 g/mol. The number of rotatable bonds is 57. The van der Waals surface area contributed by atoms with Gasteiger partial charge in [0.05, 0.1) is 25.4 Å². The average molecular weight is 1100 g/mol. The predicted molar refractivity (Wildman–Crippen MR) is 325 cm³/mol. The Balaban J connectivity index is 2.28. The van der Waals surface area contributed by atoms with Gasteiger partial charge < -0.3 is 50.5 Å². The molecule has 0 aliphatic carbocycles. The molecular weight excluding hydrogens is 979 g/mol. The molecule has 0 aromatic carbocycles. The number of carbonyl (C=O) groups excluding carboxylic acids is 1. The summed E-state index contributed by atoms with van der Waals surface area (Å²) < 4.78 is 11.2. The highest BCUT2D eigenvalue weighted by Gasteiger charge is 2.44. The maximum absolute atomic E-state index is 13.2. The standard InChI is InChI=1S/C67H125NO10/c1-3-5-7-9-11-13-15-17-19-21-23-25-27-29-31-33-35-37-39-41-43-45-47-49-51-53-55-60(71)66(76)68-58(57-77-67-65(75)64(74)63(73)61(56-69)78-67)62(72)59(70)54-52-50-48-46-44-42-40-38-36-34-32-30-28-26-24-22-20-18-16-14-12-10-8-6-4-2/h23,25,29,31,38,40,46,48,58-65,67,69-75H,3-22,24,26-28,30,32-37,39,41-45,47,49-57H2,1-2H3,(H,68,76)/b25-23-,31-29-,40-38+,48-46+. The molecule has 11 heteroatoms. The Hall–Kier alpha value is -1.93. The lowest BCUT2D eigenvalue weighted by Gasteiger charge is -2.40. The first-order valence-electron chi connectivity index (χ1n) is 33.0. The van der Waals surface area contributed by atoms with E-state index in [1.807, 2.05) is 0 Å². The highest BCUT2D eigenvalue weighted by atomic mass is 16.7. The molecule has 1 saturated heterocycles. The molecule has 78 heavy (non-hydrogen) atoms. The summed E-state index contributed by atoms with van der Waals surface area (Å²) >= 11 is 0. The van der Waals surface area contributed by atoms with Crippen molar-refractivity contribution in [3.05, 3.63) is 48.6 Å². The molecule has 1 heterocycles. The van der Waals surface area contributed by atoms with Crippen molar-refractivity contribution < 1.29 is 50.0 Å². The van der Waals surface area contributed by atoms with Gasteiger partial charge in [-0.3, -0.25) is 4.79 Å². The van der Waals surface area contributed by atoms with Crippen molar-refractivity contribution in [1.82, 2.24) is 5.32 Å². The zero-order chi connectivity index (χ0) is 56.8. The molecule has 0 saturated carbocycles. The molecule has 0 bridgehead atoms. The van der Waals surface area contributed by atoms with Crippen LogP contribution in [0, 0.1) is 0 Å². The first-order valence-corrected chi connectivity index (χ1v) is 33.0. The SMILES string of the molecule is CCCCCCCCCCC/C=C\C/C=C\CCCCCCCCCCCCC(O)C(=O)NC(COC1OC(CO)C(O)C(O)C1O)C(O)C(O)CCC/C=C/CC/C=C/CCCCCCCCCCCCCCCCCC. The topological polar surface area (TPSA) is 189 Å². The molecule has 1 amide bonds. The second-order valence-corrected chi connectivity index (χ2v) is 23.2. The van der Waals surface area contributed by atoms with Crippen molar-refractivity contribution in [1.29, 1.82) is 0 Å². The normalized spacial score (nSPS) is 19.7. The van der Waals surface area contributed by atoms with Gasteiger partial charge in [0.1, 0.15) is 36.6 Å². The Labute approximate surface area is 479 Å². The zero-order valence-corrected chi connectivity index (χ0v) is 50.4. The third-order valence-corrected chi connectivity index (χ3v) is 15.8. The molecule has 9 unspecified atom stereocenters. The minimum atomic E-state index is -1.67. The zero-order valence-electron chi connectivity index (χ0n) is 50.4. The molecule has 0 spiro atoms. The Morgan fingerprint density at radius 3 is 1.22 bits per heavy atom. The van der Waals surface area contributed by atoms with E-state index in [4.69, 9.17) is 9.47 Å². The first kappa shape index (κ1) is 74.1. The fourth-order valence-corrected chi connectivity index (χ4v) is 10.5. The molecule has 1 fully saturated rings. The van der Waals surface area contributed by atoms with Crippen LogP contribution in [0.1, 0.15) is 303 Å². The molecule has 9 atom stereocenters. The summed E-state index contributed by atoms with van der Waals surface area (Å²) in [6, 6.07) is -1.20. The van der Waals surface area contributed by atoms with Crippen LogP contribution < -0.4 is 5.32 Å². The Bertz CT molecular complexity index is 1410. The van der Waals surface area contributed by atoms with Gasteiger partial charge in [-0.15, -0.1) is 0 Å². The second kappa shape index (κ2) is 55.6. The third-order valence-electron chi connectivity index (χ3n) is 15.8. The van der Waals surface area contributed by atoms with Crippen LogP contribution in [0.3, 0.4) is 0 Å². The molecule has 0 aromatic heterocycles. The number of hydrogen-bond acceptors (Lipinski definition) is 10. The number of ether oxygens (including phenoxy) is 2. The molecule has 1 aliphatic rings. The van der Waals surface area contributed by atoms with E-state index in [9.17, 15) is 40.5 Å². The number of carbonyl (C=O) groups is 1. The van der Waals surface area contributed by atoms with Gasteiger partial charge in [0.25, 0.3) is 0 Å². The number of nitrogens with one attached hydrogen (secondary N) is 1. The van der Waals surface area contributed by atoms with Crippen molar-refractivity contribution in [3.8, 4) is 0 Å². The minimum absolute atomic E-state index is 0.245. The number of hydrogen-bond donors (Lipinski definition) is 8. The molecule has 458 valence electrons. The van der Waals surface area contributed by atoms with Gasteiger partial charge in [0, 0.05) is 0 Å². The number of aliphatic hydroxyl groups is 7. The van der Waals surface area contributed by atoms with Crippen LogP contribution in [0.4, 0.5) is 0 Å². The second-order valence-electron chi connectivity index (χ2n) is 23.2. The Morgan fingerprint density at radius 1 is 0.449 bits per heavy atom. The minimum Gasteiger partial charge on any atom is -0.394 e. The smallest absolute Gasteiger partial charge is 0.249 e. The molecule has 0 radical (unpaired) electrons. The largest absolute Gasteiger partial charge is 0.394 e. The average Bonchev–Trinajstić information content (AvgIpc) is 3.46. The molecule has 0 aromatic rings. The van der Waals surface area contributed by atoms with Gasteiger partial charge in [-0.2, -0.15) is 0 Å². The quantitative estimate of drug-likeness (QED) is 0.0215. The molecular formula is C67H125NO10. The first-order chi connectivity index (χ1) is 38.2. The van der Waals surface area contributed by atoms with E-state index in [0.29, 0.717) is 19.3 Å². The van der Waals surface area contributed by atoms with Crippen LogP contribution in [-0.4, -0.2) is 110 Å². The van der Waals surface area contributed by atoms with E-state index < -0.39 is 74.2 Å². The fourth-order valence-electron chi connectivity index (χ4n) is 10.5. The highest BCUT2D eigenvalue weighted by molar-refractivity contribution is 5.80. The van der Waals surface area contributed by atoms with E-state index in [0.717, 1.165) is 51.4 Å². The van der Waals surface area contributed by atoms with Crippen molar-refractivity contribution >= 4 is 5.91 Å². The summed E-state index contributed by atoms with van der Waals surface area (Å²) in [5.41, 5.74) is 0. The van der Waals surface area contributed by atoms with Crippen LogP contribution in [0.2, 0.25) is 0 Å². The van der Waals surface area contributed by atoms with Crippen LogP contribution >= 0.6 is 0 Å². The molecule has 11 nitrogen and oxygen atoms in total. The number of unbranched alkanes of at least 4 members (excludes halogenated alkanes) is 37. The van der Waals surface area contributed by atoms with Gasteiger partial charge in [-0.05, 0) is 83.5 Å². The summed E-state index contributed by atoms with van der Waals surface area (Å²) in [4.78, 5) is 13.2. The Kier molecular flexibility index (Phi) is 52.8. The van der Waals surface area contributed by atoms with E-state index in [1.165, 1.54) is 205 Å². The number of aliphatic hydroxyl groups excluding tert-OH is 7. The van der Waals surface area contributed by atoms with Gasteiger partial charge in [-0.1, -0.05) is 268 Å². The summed E-state index contributed by atoms with van der Waals surface area (Å²) in [5, 5.41) is 76.4. The van der Waals surface area contributed by atoms with Gasteiger partial charge >= 0.3 is 0 Å². The van der Waals surface area contributed by atoms with Crippen LogP contribution in [0.25, 0.3) is 0 Å². The van der Waals surface area contributed by atoms with E-state index in [2.05, 4.69) is 67.8 Å². The summed E-state index contributed by atoms with van der Waals surface area (Å²) in [6.07, 6.45) is 60.4. The van der Waals surface area contributed by atoms with Crippen LogP contribution in [0.15, 0.2) is 48.6 Å². The maximum Gasteiger partial charge on any atom is 0.249 e. The third kappa shape index (κ3) is 42.8. The van der Waals surface area contributed by atoms with Crippen molar-refractivity contribution in [2.75, 3.05) is 13.2 Å². The summed E-state index contributed by atoms with van der Waals surface area (Å²) in [5.74, 6) is -0.711. The summed E-state index contributed by atoms with van der Waals surface area (Å²) in [6.45, 7) is 3.47.